The van der Waals surface area contributed by atoms with E-state index in [4.69, 9.17) is 15.3 Å². The SMILES string of the molecule is CC(O)C(=O)OP(=O)(OC(=O)C(C)O)OC(=O)C(C)O. The number of phosphoric ester groups is 1. The minimum Gasteiger partial charge on any atom is -0.382 e. The fraction of sp³-hybridized carbons (Fsp3) is 0.667. The van der Waals surface area contributed by atoms with Crippen molar-refractivity contribution < 1.29 is 47.8 Å². The standard InChI is InChI=1S/C9H15O10P/c1-4(10)7(13)17-20(16,18-8(14)5(2)11)19-9(15)6(3)12/h4-6,10-12H,1-3H3. The van der Waals surface area contributed by atoms with Crippen LogP contribution in [-0.4, -0.2) is 51.5 Å². The van der Waals surface area contributed by atoms with E-state index in [9.17, 15) is 18.9 Å². The monoisotopic (exact) mass is 314 g/mol. The minimum absolute atomic E-state index is 0.958. The van der Waals surface area contributed by atoms with Gasteiger partial charge in [0, 0.05) is 0 Å². The van der Waals surface area contributed by atoms with Crippen LogP contribution in [0, 0.1) is 0 Å². The molecule has 0 fully saturated rings. The molecule has 11 heteroatoms. The summed E-state index contributed by atoms with van der Waals surface area (Å²) in [7, 11) is -5.08. The first-order valence-corrected chi connectivity index (χ1v) is 6.79. The molecule has 0 aliphatic heterocycles. The Bertz CT molecular complexity index is 365. The van der Waals surface area contributed by atoms with E-state index in [1.165, 1.54) is 0 Å². The number of phosphoric acid groups is 1. The molecule has 0 aliphatic carbocycles. The fourth-order valence-electron chi connectivity index (χ4n) is 0.615. The van der Waals surface area contributed by atoms with Crippen LogP contribution in [0.5, 0.6) is 0 Å². The van der Waals surface area contributed by atoms with Gasteiger partial charge in [-0.05, 0) is 20.8 Å². The van der Waals surface area contributed by atoms with Crippen molar-refractivity contribution in [3.63, 3.8) is 0 Å². The van der Waals surface area contributed by atoms with Crippen molar-refractivity contribution in [3.8, 4) is 0 Å². The second kappa shape index (κ2) is 7.34. The molecule has 3 unspecified atom stereocenters. The van der Waals surface area contributed by atoms with Crippen molar-refractivity contribution in [3.05, 3.63) is 0 Å². The maximum absolute atomic E-state index is 11.9. The fourth-order valence-corrected chi connectivity index (χ4v) is 1.85. The summed E-state index contributed by atoms with van der Waals surface area (Å²) in [4.78, 5) is 33.3. The molecule has 0 saturated carbocycles. The van der Waals surface area contributed by atoms with Crippen molar-refractivity contribution in [2.45, 2.75) is 39.1 Å². The Hall–Kier alpha value is -1.48. The van der Waals surface area contributed by atoms with E-state index in [1.54, 1.807) is 0 Å². The predicted molar refractivity (Wildman–Crippen MR) is 60.9 cm³/mol. The zero-order chi connectivity index (χ0) is 16.1. The van der Waals surface area contributed by atoms with Gasteiger partial charge in [-0.25, -0.2) is 14.4 Å². The highest BCUT2D eigenvalue weighted by Gasteiger charge is 2.42. The van der Waals surface area contributed by atoms with E-state index in [2.05, 4.69) is 13.6 Å². The molecule has 3 N–H and O–H groups in total. The van der Waals surface area contributed by atoms with E-state index in [0.29, 0.717) is 0 Å². The van der Waals surface area contributed by atoms with Crippen molar-refractivity contribution in [2.24, 2.45) is 0 Å². The second-order valence-electron chi connectivity index (χ2n) is 3.71. The highest BCUT2D eigenvalue weighted by atomic mass is 31.2. The Balaban J connectivity index is 5.13. The zero-order valence-corrected chi connectivity index (χ0v) is 11.8. The number of aliphatic hydroxyl groups excluding tert-OH is 3. The number of aliphatic hydroxyl groups is 3. The normalized spacial score (nSPS) is 18.1. The predicted octanol–water partition coefficient (Wildman–Crippen LogP) is -1.13. The van der Waals surface area contributed by atoms with E-state index in [1.807, 2.05) is 0 Å². The molecule has 0 heterocycles. The molecule has 0 aromatic rings. The molecule has 10 nitrogen and oxygen atoms in total. The smallest absolute Gasteiger partial charge is 0.382 e. The van der Waals surface area contributed by atoms with E-state index in [0.717, 1.165) is 20.8 Å². The molecule has 20 heavy (non-hydrogen) atoms. The minimum atomic E-state index is -5.08. The molecule has 0 saturated heterocycles. The average molecular weight is 314 g/mol. The van der Waals surface area contributed by atoms with Gasteiger partial charge in [0.05, 0.1) is 0 Å². The average Bonchev–Trinajstić information content (AvgIpc) is 2.27. The quantitative estimate of drug-likeness (QED) is 0.512. The second-order valence-corrected chi connectivity index (χ2v) is 5.15. The number of rotatable bonds is 6. The summed E-state index contributed by atoms with van der Waals surface area (Å²) in [6, 6.07) is 0. The lowest BCUT2D eigenvalue weighted by Crippen LogP contribution is -2.26. The molecular formula is C9H15O10P. The molecule has 0 aliphatic rings. The van der Waals surface area contributed by atoms with Crippen molar-refractivity contribution >= 4 is 25.7 Å². The Morgan fingerprint density at radius 3 is 1.10 bits per heavy atom. The highest BCUT2D eigenvalue weighted by Crippen LogP contribution is 2.50. The number of carbonyl (C=O) groups excluding carboxylic acids is 3. The van der Waals surface area contributed by atoms with Gasteiger partial charge in [0.1, 0.15) is 18.3 Å². The van der Waals surface area contributed by atoms with Crippen LogP contribution >= 0.6 is 7.82 Å². The first-order chi connectivity index (χ1) is 8.98. The molecule has 0 bridgehead atoms. The first kappa shape index (κ1) is 18.5. The zero-order valence-electron chi connectivity index (χ0n) is 10.9. The van der Waals surface area contributed by atoms with Gasteiger partial charge in [-0.15, -0.1) is 0 Å². The Kier molecular flexibility index (Phi) is 6.80. The van der Waals surface area contributed by atoms with E-state index < -0.39 is 44.0 Å². The van der Waals surface area contributed by atoms with Crippen LogP contribution in [0.3, 0.4) is 0 Å². The third-order valence-electron chi connectivity index (χ3n) is 1.63. The summed E-state index contributed by atoms with van der Waals surface area (Å²) in [5.41, 5.74) is 0. The van der Waals surface area contributed by atoms with E-state index in [-0.39, 0.29) is 0 Å². The first-order valence-electron chi connectivity index (χ1n) is 5.33. The molecule has 0 amide bonds. The summed E-state index contributed by atoms with van der Waals surface area (Å²) in [5, 5.41) is 26.7. The van der Waals surface area contributed by atoms with Crippen LogP contribution < -0.4 is 0 Å². The molecule has 116 valence electrons. The van der Waals surface area contributed by atoms with Gasteiger partial charge < -0.3 is 28.9 Å². The summed E-state index contributed by atoms with van der Waals surface area (Å²) in [6.45, 7) is 2.87. The molecule has 0 aromatic carbocycles. The van der Waals surface area contributed by atoms with Gasteiger partial charge in [0.2, 0.25) is 0 Å². The van der Waals surface area contributed by atoms with Crippen LogP contribution in [0.4, 0.5) is 0 Å². The molecule has 3 atom stereocenters. The highest BCUT2D eigenvalue weighted by molar-refractivity contribution is 7.50. The molecule has 0 aromatic heterocycles. The molecule has 0 radical (unpaired) electrons. The molecule has 0 rings (SSSR count). The summed E-state index contributed by atoms with van der Waals surface area (Å²) in [6.07, 6.45) is -5.21. The summed E-state index contributed by atoms with van der Waals surface area (Å²) >= 11 is 0. The number of hydrogen-bond donors (Lipinski definition) is 3. The van der Waals surface area contributed by atoms with Gasteiger partial charge in [-0.3, -0.25) is 0 Å². The lowest BCUT2D eigenvalue weighted by Gasteiger charge is -2.18. The lowest BCUT2D eigenvalue weighted by molar-refractivity contribution is -0.154. The van der Waals surface area contributed by atoms with Crippen LogP contribution in [0.1, 0.15) is 20.8 Å². The lowest BCUT2D eigenvalue weighted by atomic mass is 10.4. The summed E-state index contributed by atoms with van der Waals surface area (Å²) < 4.78 is 24.2. The maximum atomic E-state index is 11.9. The third kappa shape index (κ3) is 6.11. The molecular weight excluding hydrogens is 299 g/mol. The van der Waals surface area contributed by atoms with Crippen LogP contribution in [0.25, 0.3) is 0 Å². The number of hydrogen-bond acceptors (Lipinski definition) is 10. The Morgan fingerprint density at radius 2 is 0.950 bits per heavy atom. The maximum Gasteiger partial charge on any atom is 0.654 e. The Labute approximate surface area is 113 Å². The summed E-state index contributed by atoms with van der Waals surface area (Å²) in [5.74, 6) is -4.49. The van der Waals surface area contributed by atoms with Gasteiger partial charge in [-0.2, -0.15) is 4.57 Å². The van der Waals surface area contributed by atoms with Crippen molar-refractivity contribution in [1.82, 2.24) is 0 Å². The topological polar surface area (TPSA) is 157 Å². The largest absolute Gasteiger partial charge is 0.654 e. The number of carbonyl (C=O) groups is 3. The molecule has 0 spiro atoms. The van der Waals surface area contributed by atoms with Crippen LogP contribution in [0.15, 0.2) is 0 Å². The van der Waals surface area contributed by atoms with Gasteiger partial charge in [0.25, 0.3) is 0 Å². The van der Waals surface area contributed by atoms with Crippen LogP contribution in [-0.2, 0) is 32.5 Å². The van der Waals surface area contributed by atoms with Gasteiger partial charge in [-0.1, -0.05) is 0 Å². The third-order valence-corrected chi connectivity index (χ3v) is 2.84. The van der Waals surface area contributed by atoms with Crippen LogP contribution in [0.2, 0.25) is 0 Å². The van der Waals surface area contributed by atoms with Crippen molar-refractivity contribution in [1.29, 1.82) is 0 Å². The Morgan fingerprint density at radius 1 is 0.750 bits per heavy atom. The van der Waals surface area contributed by atoms with Gasteiger partial charge in [0.15, 0.2) is 0 Å². The van der Waals surface area contributed by atoms with Gasteiger partial charge >= 0.3 is 25.7 Å². The van der Waals surface area contributed by atoms with E-state index >= 15 is 0 Å². The van der Waals surface area contributed by atoms with Crippen molar-refractivity contribution in [2.75, 3.05) is 0 Å².